The molecule has 17 heteroatoms. The van der Waals surface area contributed by atoms with Gasteiger partial charge in [-0.15, -0.1) is 0 Å². The van der Waals surface area contributed by atoms with Crippen LogP contribution in [0.3, 0.4) is 0 Å². The van der Waals surface area contributed by atoms with Crippen molar-refractivity contribution in [1.82, 2.24) is 19.5 Å². The molecule has 2 aliphatic rings. The summed E-state index contributed by atoms with van der Waals surface area (Å²) in [5, 5.41) is 10.3. The van der Waals surface area contributed by atoms with Crippen LogP contribution in [0.25, 0.3) is 11.2 Å². The number of benzene rings is 1. The Labute approximate surface area is 192 Å². The predicted molar refractivity (Wildman–Crippen MR) is 108 cm³/mol. The van der Waals surface area contributed by atoms with E-state index in [1.807, 2.05) is 0 Å². The third-order valence-corrected chi connectivity index (χ3v) is 6.92. The molecule has 0 saturated carbocycles. The first kappa shape index (κ1) is 23.7. The fourth-order valence-electron chi connectivity index (χ4n) is 3.76. The standard InChI is InChI=1S/C18H16F4N5O7P/c19-15(20)17(6-32-35(30)31-5-8-3-1-2-4-9(8)34-35)18(21,22)11(28)14(33-17)27-7-24-10-12(27)25-16(23)26-13(10)29/h1-4,7,11,14-15,28H,5-6H2,(H3,23,25,26,29). The van der Waals surface area contributed by atoms with Crippen molar-refractivity contribution < 1.29 is 45.5 Å². The van der Waals surface area contributed by atoms with Crippen molar-refractivity contribution in [2.24, 2.45) is 0 Å². The number of aliphatic hydroxyl groups is 1. The van der Waals surface area contributed by atoms with Gasteiger partial charge in [0, 0.05) is 5.56 Å². The number of aromatic amines is 1. The highest BCUT2D eigenvalue weighted by Gasteiger charge is 2.74. The second-order valence-corrected chi connectivity index (χ2v) is 9.33. The molecule has 1 fully saturated rings. The van der Waals surface area contributed by atoms with Crippen molar-refractivity contribution in [3.05, 3.63) is 46.5 Å². The molecule has 4 heterocycles. The Hall–Kier alpha value is -3.04. The number of imidazole rings is 1. The lowest BCUT2D eigenvalue weighted by molar-refractivity contribution is -0.242. The molecule has 4 N–H and O–H groups in total. The number of phosphoric acid groups is 1. The van der Waals surface area contributed by atoms with Gasteiger partial charge < -0.3 is 20.1 Å². The smallest absolute Gasteiger partial charge is 0.404 e. The van der Waals surface area contributed by atoms with E-state index in [1.54, 1.807) is 12.1 Å². The fourth-order valence-corrected chi connectivity index (χ4v) is 5.01. The third-order valence-electron chi connectivity index (χ3n) is 5.61. The van der Waals surface area contributed by atoms with E-state index in [4.69, 9.17) is 24.0 Å². The molecular weight excluding hydrogens is 505 g/mol. The monoisotopic (exact) mass is 521 g/mol. The van der Waals surface area contributed by atoms with E-state index >= 15 is 8.78 Å². The van der Waals surface area contributed by atoms with Gasteiger partial charge in [0.15, 0.2) is 23.5 Å². The number of aliphatic hydroxyl groups excluding tert-OH is 1. The van der Waals surface area contributed by atoms with Crippen LogP contribution < -0.4 is 15.8 Å². The maximum atomic E-state index is 15.2. The summed E-state index contributed by atoms with van der Waals surface area (Å²) in [5.74, 6) is -5.01. The summed E-state index contributed by atoms with van der Waals surface area (Å²) >= 11 is 0. The van der Waals surface area contributed by atoms with Crippen LogP contribution in [0.1, 0.15) is 11.8 Å². The van der Waals surface area contributed by atoms with Crippen LogP contribution in [0.2, 0.25) is 0 Å². The lowest BCUT2D eigenvalue weighted by atomic mass is 9.95. The van der Waals surface area contributed by atoms with Crippen molar-refractivity contribution in [3.63, 3.8) is 0 Å². The average Bonchev–Trinajstić information content (AvgIpc) is 3.30. The van der Waals surface area contributed by atoms with Crippen molar-refractivity contribution in [2.45, 2.75) is 36.9 Å². The molecular formula is C18H16F4N5O7P. The van der Waals surface area contributed by atoms with Crippen LogP contribution in [0.5, 0.6) is 5.75 Å². The number of para-hydroxylation sites is 1. The van der Waals surface area contributed by atoms with E-state index in [0.717, 1.165) is 6.33 Å². The van der Waals surface area contributed by atoms with E-state index in [0.29, 0.717) is 10.1 Å². The molecule has 0 aliphatic carbocycles. The molecule has 0 radical (unpaired) electrons. The summed E-state index contributed by atoms with van der Waals surface area (Å²) in [6.07, 6.45) is -8.23. The Morgan fingerprint density at radius 3 is 2.86 bits per heavy atom. The minimum atomic E-state index is -4.65. The quantitative estimate of drug-likeness (QED) is 0.334. The molecule has 5 rings (SSSR count). The van der Waals surface area contributed by atoms with Gasteiger partial charge in [-0.05, 0) is 6.07 Å². The fraction of sp³-hybridized carbons (Fsp3) is 0.389. The molecule has 2 aromatic heterocycles. The number of anilines is 1. The second kappa shape index (κ2) is 7.99. The number of rotatable bonds is 5. The Morgan fingerprint density at radius 1 is 1.37 bits per heavy atom. The summed E-state index contributed by atoms with van der Waals surface area (Å²) in [4.78, 5) is 21.5. The molecule has 0 bridgehead atoms. The van der Waals surface area contributed by atoms with Crippen molar-refractivity contribution >= 4 is 24.9 Å². The van der Waals surface area contributed by atoms with Gasteiger partial charge in [-0.2, -0.15) is 13.8 Å². The zero-order chi connectivity index (χ0) is 25.2. The van der Waals surface area contributed by atoms with E-state index in [-0.39, 0.29) is 17.9 Å². The molecule has 4 atom stereocenters. The zero-order valence-electron chi connectivity index (χ0n) is 17.3. The Bertz CT molecular complexity index is 1400. The lowest BCUT2D eigenvalue weighted by Crippen LogP contribution is -2.57. The van der Waals surface area contributed by atoms with Gasteiger partial charge in [0.25, 0.3) is 12.0 Å². The van der Waals surface area contributed by atoms with Gasteiger partial charge in [0.1, 0.15) is 12.4 Å². The van der Waals surface area contributed by atoms with E-state index in [2.05, 4.69) is 15.0 Å². The Morgan fingerprint density at radius 2 is 2.11 bits per heavy atom. The molecule has 1 aromatic carbocycles. The Kier molecular flexibility index (Phi) is 5.41. The van der Waals surface area contributed by atoms with Crippen LogP contribution in [0.15, 0.2) is 35.4 Å². The highest BCUT2D eigenvalue weighted by atomic mass is 31.2. The zero-order valence-corrected chi connectivity index (χ0v) is 18.2. The van der Waals surface area contributed by atoms with Gasteiger partial charge in [-0.25, -0.2) is 18.3 Å². The number of phosphoric ester groups is 1. The summed E-state index contributed by atoms with van der Waals surface area (Å²) in [7, 11) is -4.61. The molecule has 0 spiro atoms. The summed E-state index contributed by atoms with van der Waals surface area (Å²) in [6, 6.07) is 6.16. The number of fused-ring (bicyclic) bond motifs is 2. The van der Waals surface area contributed by atoms with Crippen LogP contribution in [0, 0.1) is 0 Å². The molecule has 1 saturated heterocycles. The number of hydrogen-bond donors (Lipinski definition) is 3. The molecule has 4 unspecified atom stereocenters. The number of alkyl halides is 4. The number of nitrogen functional groups attached to an aromatic ring is 1. The van der Waals surface area contributed by atoms with Gasteiger partial charge in [0.2, 0.25) is 11.5 Å². The number of hydrogen-bond acceptors (Lipinski definition) is 10. The molecule has 188 valence electrons. The minimum absolute atomic E-state index is 0.0592. The second-order valence-electron chi connectivity index (χ2n) is 7.73. The van der Waals surface area contributed by atoms with E-state index in [1.165, 1.54) is 12.1 Å². The van der Waals surface area contributed by atoms with Crippen LogP contribution >= 0.6 is 7.82 Å². The van der Waals surface area contributed by atoms with Gasteiger partial charge in [0.05, 0.1) is 12.9 Å². The molecule has 35 heavy (non-hydrogen) atoms. The van der Waals surface area contributed by atoms with E-state index in [9.17, 15) is 23.2 Å². The number of nitrogens with zero attached hydrogens (tertiary/aromatic N) is 3. The SMILES string of the molecule is Nc1nc2c(ncn2C2OC(COP3(=O)OCc4ccccc4O3)(C(F)F)C(F)(F)C2O)c(=O)[nH]1. The summed E-state index contributed by atoms with van der Waals surface area (Å²) in [5.41, 5.74) is 0.540. The first-order valence-electron chi connectivity index (χ1n) is 9.88. The molecule has 0 amide bonds. The minimum Gasteiger partial charge on any atom is -0.404 e. The molecule has 12 nitrogen and oxygen atoms in total. The number of nitrogens with one attached hydrogen (secondary N) is 1. The topological polar surface area (TPSA) is 164 Å². The Balaban J connectivity index is 1.48. The predicted octanol–water partition coefficient (Wildman–Crippen LogP) is 1.96. The maximum Gasteiger partial charge on any atom is 0.530 e. The molecule has 3 aromatic rings. The highest BCUT2D eigenvalue weighted by molar-refractivity contribution is 7.49. The van der Waals surface area contributed by atoms with Gasteiger partial charge >= 0.3 is 13.7 Å². The summed E-state index contributed by atoms with van der Waals surface area (Å²) in [6.45, 7) is -1.98. The lowest BCUT2D eigenvalue weighted by Gasteiger charge is -2.34. The van der Waals surface area contributed by atoms with Crippen molar-refractivity contribution in [2.75, 3.05) is 12.3 Å². The van der Waals surface area contributed by atoms with Crippen molar-refractivity contribution in [3.8, 4) is 5.75 Å². The van der Waals surface area contributed by atoms with Gasteiger partial charge in [-0.3, -0.25) is 23.4 Å². The number of halogens is 4. The average molecular weight is 521 g/mol. The third kappa shape index (κ3) is 3.60. The largest absolute Gasteiger partial charge is 0.530 e. The number of nitrogens with two attached hydrogens (primary N) is 1. The summed E-state index contributed by atoms with van der Waals surface area (Å²) < 4.78 is 92.1. The first-order valence-corrected chi connectivity index (χ1v) is 11.3. The first-order chi connectivity index (χ1) is 16.5. The number of aromatic nitrogens is 4. The highest BCUT2D eigenvalue weighted by Crippen LogP contribution is 2.58. The maximum absolute atomic E-state index is 15.2. The number of H-pyrrole nitrogens is 1. The van der Waals surface area contributed by atoms with Crippen LogP contribution in [0.4, 0.5) is 23.5 Å². The van der Waals surface area contributed by atoms with E-state index < -0.39 is 61.9 Å². The van der Waals surface area contributed by atoms with Crippen LogP contribution in [-0.2, 0) is 25.0 Å². The van der Waals surface area contributed by atoms with Gasteiger partial charge in [-0.1, -0.05) is 18.2 Å². The molecule has 2 aliphatic heterocycles. The number of ether oxygens (including phenoxy) is 1. The van der Waals surface area contributed by atoms with Crippen molar-refractivity contribution in [1.29, 1.82) is 0 Å². The normalized spacial score (nSPS) is 29.9. The van der Waals surface area contributed by atoms with Crippen LogP contribution in [-0.4, -0.2) is 55.3 Å².